The van der Waals surface area contributed by atoms with Gasteiger partial charge in [0.15, 0.2) is 0 Å². The molecular formula is C28H37FN6O3. The van der Waals surface area contributed by atoms with Gasteiger partial charge in [0.1, 0.15) is 24.6 Å². The van der Waals surface area contributed by atoms with Gasteiger partial charge in [-0.25, -0.2) is 19.2 Å². The van der Waals surface area contributed by atoms with Crippen molar-refractivity contribution in [2.45, 2.75) is 52.2 Å². The predicted molar refractivity (Wildman–Crippen MR) is 143 cm³/mol. The average molecular weight is 525 g/mol. The maximum Gasteiger partial charge on any atom is 0.331 e. The van der Waals surface area contributed by atoms with E-state index in [1.165, 1.54) is 33.5 Å². The van der Waals surface area contributed by atoms with Gasteiger partial charge in [-0.2, -0.15) is 5.26 Å². The Bertz CT molecular complexity index is 1080. The number of nitrogens with two attached hydrogens (primary N) is 1. The number of amides is 4. The Morgan fingerprint density at radius 1 is 1.13 bits per heavy atom. The average Bonchev–Trinajstić information content (AvgIpc) is 2.91. The number of primary amides is 1. The van der Waals surface area contributed by atoms with Gasteiger partial charge in [-0.15, -0.1) is 0 Å². The van der Waals surface area contributed by atoms with E-state index in [9.17, 15) is 24.0 Å². The van der Waals surface area contributed by atoms with Crippen LogP contribution in [0.2, 0.25) is 0 Å². The molecule has 0 radical (unpaired) electrons. The van der Waals surface area contributed by atoms with E-state index < -0.39 is 18.2 Å². The second kappa shape index (κ2) is 15.3. The van der Waals surface area contributed by atoms with E-state index in [1.807, 2.05) is 36.4 Å². The van der Waals surface area contributed by atoms with E-state index in [1.54, 1.807) is 24.0 Å². The Kier molecular flexibility index (Phi) is 12.2. The first kappa shape index (κ1) is 30.3. The smallest absolute Gasteiger partial charge is 0.331 e. The predicted octanol–water partition coefficient (Wildman–Crippen LogP) is 3.16. The van der Waals surface area contributed by atoms with Crippen LogP contribution in [0.3, 0.4) is 0 Å². The van der Waals surface area contributed by atoms with Gasteiger partial charge >= 0.3 is 6.03 Å². The molecule has 1 unspecified atom stereocenters. The van der Waals surface area contributed by atoms with Gasteiger partial charge in [0.25, 0.3) is 0 Å². The van der Waals surface area contributed by atoms with Crippen LogP contribution in [0.5, 0.6) is 0 Å². The number of hydrazine groups is 1. The summed E-state index contributed by atoms with van der Waals surface area (Å²) < 4.78 is 13.3. The molecule has 2 atom stereocenters. The van der Waals surface area contributed by atoms with Gasteiger partial charge in [0, 0.05) is 19.5 Å². The maximum absolute atomic E-state index is 13.5. The number of nitriles is 1. The molecular weight excluding hydrogens is 487 g/mol. The standard InChI is InChI=1S/C25H29FN6O3.C3H8/c1-2-30(15-13-27)32(25(28)35)23-17-29(14-12-19-8-10-21(26)11-9-19)24(34)22(31(23)18-33)16-20-6-4-3-5-7-20;1-3-2/h3-11,18,22-23H,2,12,14-17H2,1H3,(H2,28,35);3H2,1-2H3/t22-,23?;/m0./s1. The van der Waals surface area contributed by atoms with E-state index in [0.717, 1.165) is 11.1 Å². The van der Waals surface area contributed by atoms with Crippen LogP contribution in [0.4, 0.5) is 9.18 Å². The SMILES string of the molecule is CCC.CCN(CC#N)N(C(N)=O)C1CN(CCc2ccc(F)cc2)C(=O)[C@H](Cc2ccccc2)N1C=O. The lowest BCUT2D eigenvalue weighted by Gasteiger charge is -2.49. The largest absolute Gasteiger partial charge is 0.350 e. The number of benzene rings is 2. The van der Waals surface area contributed by atoms with Crippen LogP contribution in [0, 0.1) is 17.1 Å². The van der Waals surface area contributed by atoms with E-state index in [0.29, 0.717) is 25.9 Å². The highest BCUT2D eigenvalue weighted by atomic mass is 19.1. The first-order chi connectivity index (χ1) is 18.3. The van der Waals surface area contributed by atoms with E-state index >= 15 is 0 Å². The molecule has 2 N–H and O–H groups in total. The van der Waals surface area contributed by atoms with Crippen molar-refractivity contribution in [2.75, 3.05) is 26.2 Å². The number of hydrogen-bond donors (Lipinski definition) is 1. The molecule has 1 saturated heterocycles. The summed E-state index contributed by atoms with van der Waals surface area (Å²) in [6, 6.07) is 15.6. The molecule has 1 fully saturated rings. The maximum atomic E-state index is 13.5. The molecule has 4 amide bonds. The van der Waals surface area contributed by atoms with Crippen molar-refractivity contribution in [3.05, 3.63) is 71.5 Å². The summed E-state index contributed by atoms with van der Waals surface area (Å²) in [5, 5.41) is 11.9. The lowest BCUT2D eigenvalue weighted by Crippen LogP contribution is -2.70. The first-order valence-corrected chi connectivity index (χ1v) is 12.8. The first-order valence-electron chi connectivity index (χ1n) is 12.8. The van der Waals surface area contributed by atoms with Crippen molar-refractivity contribution in [1.82, 2.24) is 19.8 Å². The third-order valence-corrected chi connectivity index (χ3v) is 6.09. The minimum Gasteiger partial charge on any atom is -0.350 e. The lowest BCUT2D eigenvalue weighted by atomic mass is 10.00. The second-order valence-electron chi connectivity index (χ2n) is 8.93. The normalized spacial score (nSPS) is 16.9. The van der Waals surface area contributed by atoms with Crippen molar-refractivity contribution in [1.29, 1.82) is 5.26 Å². The molecule has 10 heteroatoms. The molecule has 1 heterocycles. The van der Waals surface area contributed by atoms with Crippen LogP contribution in [-0.2, 0) is 22.4 Å². The molecule has 0 aromatic heterocycles. The Morgan fingerprint density at radius 2 is 1.76 bits per heavy atom. The number of rotatable bonds is 10. The molecule has 0 aliphatic carbocycles. The fourth-order valence-corrected chi connectivity index (χ4v) is 4.32. The fourth-order valence-electron chi connectivity index (χ4n) is 4.32. The molecule has 1 aliphatic heterocycles. The quantitative estimate of drug-likeness (QED) is 0.291. The van der Waals surface area contributed by atoms with Crippen molar-refractivity contribution < 1.29 is 18.8 Å². The summed E-state index contributed by atoms with van der Waals surface area (Å²) in [4.78, 5) is 41.3. The molecule has 1 aliphatic rings. The Labute approximate surface area is 224 Å². The number of urea groups is 1. The van der Waals surface area contributed by atoms with Crippen LogP contribution >= 0.6 is 0 Å². The van der Waals surface area contributed by atoms with Crippen LogP contribution in [0.1, 0.15) is 38.3 Å². The van der Waals surface area contributed by atoms with E-state index in [-0.39, 0.29) is 31.2 Å². The summed E-state index contributed by atoms with van der Waals surface area (Å²) >= 11 is 0. The highest BCUT2D eigenvalue weighted by Crippen LogP contribution is 2.23. The van der Waals surface area contributed by atoms with Crippen LogP contribution < -0.4 is 5.73 Å². The molecule has 2 aromatic carbocycles. The number of nitrogens with zero attached hydrogens (tertiary/aromatic N) is 5. The summed E-state index contributed by atoms with van der Waals surface area (Å²) in [5.41, 5.74) is 7.40. The Balaban J connectivity index is 0.00000161. The van der Waals surface area contributed by atoms with Crippen LogP contribution in [0.25, 0.3) is 0 Å². The number of piperazine rings is 1. The second-order valence-corrected chi connectivity index (χ2v) is 8.93. The zero-order valence-corrected chi connectivity index (χ0v) is 22.3. The summed E-state index contributed by atoms with van der Waals surface area (Å²) in [7, 11) is 0. The van der Waals surface area contributed by atoms with Crippen molar-refractivity contribution >= 4 is 18.3 Å². The van der Waals surface area contributed by atoms with E-state index in [2.05, 4.69) is 13.8 Å². The number of hydrogen-bond acceptors (Lipinski definition) is 5. The minimum absolute atomic E-state index is 0.0227. The minimum atomic E-state index is -0.891. The molecule has 2 aromatic rings. The van der Waals surface area contributed by atoms with Crippen molar-refractivity contribution in [2.24, 2.45) is 5.73 Å². The fraction of sp³-hybridized carbons (Fsp3) is 0.429. The van der Waals surface area contributed by atoms with Crippen molar-refractivity contribution in [3.63, 3.8) is 0 Å². The van der Waals surface area contributed by atoms with Gasteiger partial charge < -0.3 is 15.5 Å². The summed E-state index contributed by atoms with van der Waals surface area (Å²) in [6.07, 6.45) is 1.63. The zero-order chi connectivity index (χ0) is 28.1. The molecule has 204 valence electrons. The zero-order valence-electron chi connectivity index (χ0n) is 22.3. The van der Waals surface area contributed by atoms with Crippen LogP contribution in [0.15, 0.2) is 54.6 Å². The lowest BCUT2D eigenvalue weighted by molar-refractivity contribution is -0.165. The highest BCUT2D eigenvalue weighted by molar-refractivity contribution is 5.86. The van der Waals surface area contributed by atoms with Gasteiger partial charge in [0.05, 0.1) is 12.6 Å². The summed E-state index contributed by atoms with van der Waals surface area (Å²) in [5.74, 6) is -0.603. The molecule has 38 heavy (non-hydrogen) atoms. The molecule has 9 nitrogen and oxygen atoms in total. The number of carbonyl (C=O) groups is 3. The number of carbonyl (C=O) groups excluding carboxylic acids is 3. The Morgan fingerprint density at radius 3 is 2.29 bits per heavy atom. The van der Waals surface area contributed by atoms with Gasteiger partial charge in [0.2, 0.25) is 12.3 Å². The summed E-state index contributed by atoms with van der Waals surface area (Å²) in [6.45, 7) is 6.52. The van der Waals surface area contributed by atoms with Gasteiger partial charge in [-0.05, 0) is 29.7 Å². The third-order valence-electron chi connectivity index (χ3n) is 6.09. The van der Waals surface area contributed by atoms with Gasteiger partial charge in [-0.3, -0.25) is 9.59 Å². The Hall–Kier alpha value is -3.97. The third kappa shape index (κ3) is 8.02. The van der Waals surface area contributed by atoms with E-state index in [4.69, 9.17) is 5.73 Å². The molecule has 0 saturated carbocycles. The molecule has 3 rings (SSSR count). The van der Waals surface area contributed by atoms with Crippen LogP contribution in [-0.4, -0.2) is 76.6 Å². The van der Waals surface area contributed by atoms with Crippen molar-refractivity contribution in [3.8, 4) is 6.07 Å². The monoisotopic (exact) mass is 524 g/mol. The topological polar surface area (TPSA) is 114 Å². The molecule has 0 spiro atoms. The molecule has 0 bridgehead atoms. The highest BCUT2D eigenvalue weighted by Gasteiger charge is 2.44. The van der Waals surface area contributed by atoms with Gasteiger partial charge in [-0.1, -0.05) is 69.7 Å². The number of halogens is 1.